The smallest absolute Gasteiger partial charge is 0.226 e. The lowest BCUT2D eigenvalue weighted by Crippen LogP contribution is -1.93. The lowest BCUT2D eigenvalue weighted by atomic mass is 10.2. The fourth-order valence-corrected chi connectivity index (χ4v) is 1.80. The van der Waals surface area contributed by atoms with E-state index >= 15 is 0 Å². The lowest BCUT2D eigenvalue weighted by molar-refractivity contribution is 0.433. The van der Waals surface area contributed by atoms with Crippen LogP contribution >= 0.6 is 0 Å². The molecule has 0 amide bonds. The third kappa shape index (κ3) is 3.19. The van der Waals surface area contributed by atoms with Crippen LogP contribution in [0.5, 0.6) is 23.3 Å². The largest absolute Gasteiger partial charge is 0.439 e. The maximum Gasteiger partial charge on any atom is 0.226 e. The second-order valence-corrected chi connectivity index (χ2v) is 4.32. The van der Waals surface area contributed by atoms with E-state index < -0.39 is 0 Å². The van der Waals surface area contributed by atoms with Gasteiger partial charge in [0, 0.05) is 0 Å². The number of benzene rings is 2. The molecule has 0 aliphatic rings. The maximum atomic E-state index is 9.06. The van der Waals surface area contributed by atoms with E-state index in [2.05, 4.69) is 16.0 Å². The number of aromatic nitrogens is 2. The van der Waals surface area contributed by atoms with Crippen LogP contribution in [0.4, 0.5) is 0 Å². The molecular weight excluding hydrogens is 278 g/mol. The van der Waals surface area contributed by atoms with Crippen LogP contribution in [-0.2, 0) is 0 Å². The molecule has 0 fully saturated rings. The van der Waals surface area contributed by atoms with Crippen LogP contribution < -0.4 is 9.47 Å². The summed E-state index contributed by atoms with van der Waals surface area (Å²) in [7, 11) is 0. The van der Waals surface area contributed by atoms with Gasteiger partial charge in [0.1, 0.15) is 23.9 Å². The Kier molecular flexibility index (Phi) is 3.94. The van der Waals surface area contributed by atoms with E-state index in [4.69, 9.17) is 14.7 Å². The first kappa shape index (κ1) is 13.6. The number of hydrogen-bond donors (Lipinski definition) is 0. The Morgan fingerprint density at radius 2 is 1.50 bits per heavy atom. The molecular formula is C17H11N3O2. The zero-order valence-electron chi connectivity index (χ0n) is 11.5. The van der Waals surface area contributed by atoms with Gasteiger partial charge < -0.3 is 9.47 Å². The fourth-order valence-electron chi connectivity index (χ4n) is 1.80. The van der Waals surface area contributed by atoms with Gasteiger partial charge in [0.15, 0.2) is 0 Å². The van der Waals surface area contributed by atoms with Crippen molar-refractivity contribution in [3.8, 4) is 29.3 Å². The van der Waals surface area contributed by atoms with Crippen LogP contribution in [0, 0.1) is 11.3 Å². The summed E-state index contributed by atoms with van der Waals surface area (Å²) in [5.74, 6) is 1.79. The van der Waals surface area contributed by atoms with Gasteiger partial charge in [-0.25, -0.2) is 9.97 Å². The standard InChI is InChI=1S/C17H11N3O2/c18-11-13-6-4-5-9-15(13)22-17-10-16(19-12-20-17)21-14-7-2-1-3-8-14/h1-10,12H. The molecule has 3 rings (SSSR count). The number of rotatable bonds is 4. The highest BCUT2D eigenvalue weighted by atomic mass is 16.5. The van der Waals surface area contributed by atoms with Gasteiger partial charge in [0.05, 0.1) is 11.6 Å². The fraction of sp³-hybridized carbons (Fsp3) is 0. The Balaban J connectivity index is 1.81. The van der Waals surface area contributed by atoms with Gasteiger partial charge in [-0.15, -0.1) is 0 Å². The Hall–Kier alpha value is -3.39. The topological polar surface area (TPSA) is 68.0 Å². The van der Waals surface area contributed by atoms with E-state index in [1.165, 1.54) is 6.33 Å². The molecule has 0 aliphatic carbocycles. The Bertz CT molecular complexity index is 813. The highest BCUT2D eigenvalue weighted by Crippen LogP contribution is 2.26. The van der Waals surface area contributed by atoms with Crippen LogP contribution in [0.2, 0.25) is 0 Å². The maximum absolute atomic E-state index is 9.06. The molecule has 0 radical (unpaired) electrons. The van der Waals surface area contributed by atoms with Crippen molar-refractivity contribution in [2.75, 3.05) is 0 Å². The Morgan fingerprint density at radius 1 is 0.818 bits per heavy atom. The summed E-state index contributed by atoms with van der Waals surface area (Å²) in [5.41, 5.74) is 0.437. The third-order valence-electron chi connectivity index (χ3n) is 2.80. The molecule has 0 N–H and O–H groups in total. The van der Waals surface area contributed by atoms with Crippen molar-refractivity contribution in [1.82, 2.24) is 9.97 Å². The molecule has 1 heterocycles. The first-order valence-electron chi connectivity index (χ1n) is 6.57. The van der Waals surface area contributed by atoms with Gasteiger partial charge in [-0.1, -0.05) is 30.3 Å². The summed E-state index contributed by atoms with van der Waals surface area (Å²) in [4.78, 5) is 8.07. The quantitative estimate of drug-likeness (QED) is 0.727. The van der Waals surface area contributed by atoms with Crippen molar-refractivity contribution in [2.24, 2.45) is 0 Å². The lowest BCUT2D eigenvalue weighted by Gasteiger charge is -2.08. The zero-order chi connectivity index (χ0) is 15.2. The number of para-hydroxylation sites is 2. The highest BCUT2D eigenvalue weighted by molar-refractivity contribution is 5.44. The van der Waals surface area contributed by atoms with Gasteiger partial charge in [-0.2, -0.15) is 5.26 Å². The summed E-state index contributed by atoms with van der Waals surface area (Å²) in [6.45, 7) is 0. The molecule has 0 aliphatic heterocycles. The molecule has 1 aromatic heterocycles. The summed E-state index contributed by atoms with van der Waals surface area (Å²) in [6, 6.07) is 19.9. The van der Waals surface area contributed by atoms with Crippen molar-refractivity contribution in [3.05, 3.63) is 72.6 Å². The highest BCUT2D eigenvalue weighted by Gasteiger charge is 2.07. The molecule has 0 saturated heterocycles. The second kappa shape index (κ2) is 6.37. The first-order chi connectivity index (χ1) is 10.8. The first-order valence-corrected chi connectivity index (χ1v) is 6.57. The molecule has 2 aromatic carbocycles. The molecule has 22 heavy (non-hydrogen) atoms. The normalized spacial score (nSPS) is 9.77. The monoisotopic (exact) mass is 289 g/mol. The molecule has 0 spiro atoms. The minimum atomic E-state index is 0.309. The van der Waals surface area contributed by atoms with Crippen molar-refractivity contribution >= 4 is 0 Å². The molecule has 0 unspecified atom stereocenters. The van der Waals surface area contributed by atoms with E-state index in [1.54, 1.807) is 30.3 Å². The number of nitriles is 1. The predicted octanol–water partition coefficient (Wildman–Crippen LogP) is 3.93. The van der Waals surface area contributed by atoms with Gasteiger partial charge in [-0.05, 0) is 24.3 Å². The van der Waals surface area contributed by atoms with Crippen LogP contribution in [0.25, 0.3) is 0 Å². The summed E-state index contributed by atoms with van der Waals surface area (Å²) < 4.78 is 11.2. The Morgan fingerprint density at radius 3 is 2.27 bits per heavy atom. The number of hydrogen-bond acceptors (Lipinski definition) is 5. The summed E-state index contributed by atoms with van der Waals surface area (Å²) in [5, 5.41) is 9.06. The van der Waals surface area contributed by atoms with Gasteiger partial charge in [-0.3, -0.25) is 0 Å². The zero-order valence-corrected chi connectivity index (χ0v) is 11.5. The van der Waals surface area contributed by atoms with Crippen LogP contribution in [-0.4, -0.2) is 9.97 Å². The molecule has 106 valence electrons. The van der Waals surface area contributed by atoms with Gasteiger partial charge in [0.2, 0.25) is 11.8 Å². The molecule has 5 nitrogen and oxygen atoms in total. The third-order valence-corrected chi connectivity index (χ3v) is 2.80. The van der Waals surface area contributed by atoms with E-state index in [1.807, 2.05) is 30.3 Å². The predicted molar refractivity (Wildman–Crippen MR) is 79.8 cm³/mol. The average Bonchev–Trinajstić information content (AvgIpc) is 2.57. The average molecular weight is 289 g/mol. The van der Waals surface area contributed by atoms with Crippen LogP contribution in [0.15, 0.2) is 67.0 Å². The minimum absolute atomic E-state index is 0.309. The molecule has 0 atom stereocenters. The van der Waals surface area contributed by atoms with Crippen LogP contribution in [0.3, 0.4) is 0 Å². The number of ether oxygens (including phenoxy) is 2. The van der Waals surface area contributed by atoms with E-state index in [9.17, 15) is 0 Å². The van der Waals surface area contributed by atoms with Gasteiger partial charge >= 0.3 is 0 Å². The number of nitrogens with zero attached hydrogens (tertiary/aromatic N) is 3. The van der Waals surface area contributed by atoms with E-state index in [0.29, 0.717) is 28.8 Å². The molecule has 0 bridgehead atoms. The van der Waals surface area contributed by atoms with E-state index in [0.717, 1.165) is 0 Å². The summed E-state index contributed by atoms with van der Waals surface area (Å²) in [6.07, 6.45) is 1.35. The van der Waals surface area contributed by atoms with Crippen molar-refractivity contribution in [2.45, 2.75) is 0 Å². The van der Waals surface area contributed by atoms with Gasteiger partial charge in [0.25, 0.3) is 0 Å². The minimum Gasteiger partial charge on any atom is -0.439 e. The molecule has 0 saturated carbocycles. The SMILES string of the molecule is N#Cc1ccccc1Oc1cc(Oc2ccccc2)ncn1. The Labute approximate surface area is 127 Å². The van der Waals surface area contributed by atoms with Crippen molar-refractivity contribution in [3.63, 3.8) is 0 Å². The van der Waals surface area contributed by atoms with Crippen molar-refractivity contribution < 1.29 is 9.47 Å². The molecule has 5 heteroatoms. The second-order valence-electron chi connectivity index (χ2n) is 4.32. The van der Waals surface area contributed by atoms with Crippen LogP contribution in [0.1, 0.15) is 5.56 Å². The van der Waals surface area contributed by atoms with Crippen molar-refractivity contribution in [1.29, 1.82) is 5.26 Å². The summed E-state index contributed by atoms with van der Waals surface area (Å²) >= 11 is 0. The van der Waals surface area contributed by atoms with E-state index in [-0.39, 0.29) is 0 Å². The molecule has 3 aromatic rings.